The molecular weight excluding hydrogens is 321 g/mol. The molecule has 2 rings (SSSR count). The van der Waals surface area contributed by atoms with E-state index in [4.69, 9.17) is 16.9 Å². The average molecular weight is 338 g/mol. The van der Waals surface area contributed by atoms with Crippen molar-refractivity contribution in [3.05, 3.63) is 34.6 Å². The van der Waals surface area contributed by atoms with Crippen LogP contribution in [-0.2, 0) is 4.79 Å². The summed E-state index contributed by atoms with van der Waals surface area (Å²) < 4.78 is 13.1. The molecule has 7 heteroatoms. The summed E-state index contributed by atoms with van der Waals surface area (Å²) in [7, 11) is 1.48. The third-order valence-corrected chi connectivity index (χ3v) is 4.15. The highest BCUT2D eigenvalue weighted by atomic mass is 35.5. The van der Waals surface area contributed by atoms with Gasteiger partial charge in [0.2, 0.25) is 5.91 Å². The predicted molar refractivity (Wildman–Crippen MR) is 83.3 cm³/mol. The fraction of sp³-hybridized carbons (Fsp3) is 0.438. The molecule has 0 radical (unpaired) electrons. The Morgan fingerprint density at radius 2 is 2.22 bits per heavy atom. The highest BCUT2D eigenvalue weighted by Crippen LogP contribution is 2.22. The summed E-state index contributed by atoms with van der Waals surface area (Å²) >= 11 is 5.67. The van der Waals surface area contributed by atoms with Crippen LogP contribution in [-0.4, -0.2) is 47.8 Å². The zero-order valence-electron chi connectivity index (χ0n) is 12.9. The lowest BCUT2D eigenvalue weighted by Gasteiger charge is -2.24. The summed E-state index contributed by atoms with van der Waals surface area (Å²) in [5.74, 6) is -1.05. The minimum Gasteiger partial charge on any atom is -0.332 e. The Bertz CT molecular complexity index is 674. The molecule has 1 aliphatic rings. The van der Waals surface area contributed by atoms with Gasteiger partial charge in [0.15, 0.2) is 0 Å². The average Bonchev–Trinajstić information content (AvgIpc) is 2.90. The van der Waals surface area contributed by atoms with E-state index in [1.807, 2.05) is 6.92 Å². The van der Waals surface area contributed by atoms with Crippen LogP contribution < -0.4 is 0 Å². The maximum atomic E-state index is 13.1. The molecule has 1 saturated heterocycles. The van der Waals surface area contributed by atoms with E-state index in [2.05, 4.69) is 6.07 Å². The molecule has 1 fully saturated rings. The minimum atomic E-state index is -0.607. The third kappa shape index (κ3) is 3.80. The van der Waals surface area contributed by atoms with Crippen molar-refractivity contribution < 1.29 is 14.0 Å². The number of rotatable bonds is 3. The van der Waals surface area contributed by atoms with Crippen LogP contribution in [0.2, 0.25) is 5.02 Å². The van der Waals surface area contributed by atoms with Gasteiger partial charge in [0.05, 0.1) is 17.6 Å². The topological polar surface area (TPSA) is 64.4 Å². The first-order valence-electron chi connectivity index (χ1n) is 7.23. The molecule has 0 spiro atoms. The Morgan fingerprint density at radius 1 is 1.52 bits per heavy atom. The molecule has 0 aliphatic carbocycles. The van der Waals surface area contributed by atoms with E-state index in [9.17, 15) is 14.0 Å². The second kappa shape index (κ2) is 6.97. The van der Waals surface area contributed by atoms with Gasteiger partial charge in [0.25, 0.3) is 5.91 Å². The normalized spacial score (nSPS) is 20.2. The second-order valence-electron chi connectivity index (χ2n) is 5.82. The zero-order chi connectivity index (χ0) is 17.1. The summed E-state index contributed by atoms with van der Waals surface area (Å²) in [5.41, 5.74) is 0.207. The Balaban J connectivity index is 2.04. The van der Waals surface area contributed by atoms with Gasteiger partial charge in [-0.15, -0.1) is 0 Å². The van der Waals surface area contributed by atoms with Crippen LogP contribution >= 0.6 is 11.6 Å². The maximum absolute atomic E-state index is 13.1. The lowest BCUT2D eigenvalue weighted by atomic mass is 10.1. The van der Waals surface area contributed by atoms with Crippen molar-refractivity contribution in [1.82, 2.24) is 9.80 Å². The van der Waals surface area contributed by atoms with Crippen LogP contribution in [0.4, 0.5) is 4.39 Å². The molecular formula is C16H17ClFN3O2. The van der Waals surface area contributed by atoms with Gasteiger partial charge >= 0.3 is 0 Å². The highest BCUT2D eigenvalue weighted by molar-refractivity contribution is 6.31. The van der Waals surface area contributed by atoms with Gasteiger partial charge in [-0.25, -0.2) is 4.39 Å². The fourth-order valence-electron chi connectivity index (χ4n) is 2.66. The largest absolute Gasteiger partial charge is 0.332 e. The molecule has 122 valence electrons. The summed E-state index contributed by atoms with van der Waals surface area (Å²) in [4.78, 5) is 27.4. The number of nitrogens with zero attached hydrogens (tertiary/aromatic N) is 3. The van der Waals surface area contributed by atoms with Crippen LogP contribution in [0.25, 0.3) is 0 Å². The lowest BCUT2D eigenvalue weighted by molar-refractivity contribution is -0.131. The molecule has 0 aromatic heterocycles. The first-order chi connectivity index (χ1) is 10.8. The first-order valence-corrected chi connectivity index (χ1v) is 7.61. The molecule has 2 unspecified atom stereocenters. The molecule has 0 saturated carbocycles. The standard InChI is InChI=1S/C16H17ClFN3O2/c1-10-5-12(7-19)21(8-10)15(22)9-20(2)16(23)11-3-4-14(18)13(17)6-11/h3-4,6,10,12H,5,8-9H2,1-2H3. The van der Waals surface area contributed by atoms with Crippen LogP contribution in [0.3, 0.4) is 0 Å². The molecule has 0 N–H and O–H groups in total. The van der Waals surface area contributed by atoms with Crippen molar-refractivity contribution in [3.63, 3.8) is 0 Å². The van der Waals surface area contributed by atoms with E-state index >= 15 is 0 Å². The van der Waals surface area contributed by atoms with E-state index in [1.54, 1.807) is 0 Å². The van der Waals surface area contributed by atoms with Gasteiger partial charge in [-0.05, 0) is 30.5 Å². The number of amides is 2. The number of halogens is 2. The number of nitriles is 1. The van der Waals surface area contributed by atoms with Crippen LogP contribution in [0.1, 0.15) is 23.7 Å². The monoisotopic (exact) mass is 337 g/mol. The molecule has 2 amide bonds. The van der Waals surface area contributed by atoms with Gasteiger partial charge < -0.3 is 9.80 Å². The summed E-state index contributed by atoms with van der Waals surface area (Å²) in [6, 6.07) is 5.33. The van der Waals surface area contributed by atoms with E-state index in [0.717, 1.165) is 6.07 Å². The molecule has 1 aliphatic heterocycles. The molecule has 1 heterocycles. The van der Waals surface area contributed by atoms with E-state index in [1.165, 1.54) is 29.0 Å². The predicted octanol–water partition coefficient (Wildman–Crippen LogP) is 2.31. The number of hydrogen-bond donors (Lipinski definition) is 0. The van der Waals surface area contributed by atoms with Crippen molar-refractivity contribution in [2.45, 2.75) is 19.4 Å². The number of benzene rings is 1. The summed E-state index contributed by atoms with van der Waals surface area (Å²) in [6.45, 7) is 2.35. The SMILES string of the molecule is CC1CC(C#N)N(C(=O)CN(C)C(=O)c2ccc(F)c(Cl)c2)C1. The summed E-state index contributed by atoms with van der Waals surface area (Å²) in [6.07, 6.45) is 0.646. The smallest absolute Gasteiger partial charge is 0.254 e. The number of carbonyl (C=O) groups excluding carboxylic acids is 2. The van der Waals surface area contributed by atoms with Crippen molar-refractivity contribution in [1.29, 1.82) is 5.26 Å². The maximum Gasteiger partial charge on any atom is 0.254 e. The Morgan fingerprint density at radius 3 is 2.83 bits per heavy atom. The van der Waals surface area contributed by atoms with Crippen LogP contribution in [0, 0.1) is 23.1 Å². The van der Waals surface area contributed by atoms with E-state index in [-0.39, 0.29) is 29.0 Å². The van der Waals surface area contributed by atoms with Crippen LogP contribution in [0.5, 0.6) is 0 Å². The fourth-order valence-corrected chi connectivity index (χ4v) is 2.84. The molecule has 1 aromatic rings. The van der Waals surface area contributed by atoms with Gasteiger partial charge in [0, 0.05) is 19.2 Å². The minimum absolute atomic E-state index is 0.140. The molecule has 0 bridgehead atoms. The van der Waals surface area contributed by atoms with Gasteiger partial charge in [0.1, 0.15) is 11.9 Å². The second-order valence-corrected chi connectivity index (χ2v) is 6.23. The number of hydrogen-bond acceptors (Lipinski definition) is 3. The van der Waals surface area contributed by atoms with Crippen molar-refractivity contribution >= 4 is 23.4 Å². The van der Waals surface area contributed by atoms with Gasteiger partial charge in [-0.2, -0.15) is 5.26 Å². The van der Waals surface area contributed by atoms with Gasteiger partial charge in [-0.3, -0.25) is 9.59 Å². The highest BCUT2D eigenvalue weighted by Gasteiger charge is 2.33. The number of carbonyl (C=O) groups is 2. The molecule has 1 aromatic carbocycles. The van der Waals surface area contributed by atoms with E-state index < -0.39 is 17.8 Å². The van der Waals surface area contributed by atoms with Crippen molar-refractivity contribution in [2.75, 3.05) is 20.1 Å². The zero-order valence-corrected chi connectivity index (χ0v) is 13.7. The Labute approximate surface area is 139 Å². The summed E-state index contributed by atoms with van der Waals surface area (Å²) in [5, 5.41) is 8.96. The van der Waals surface area contributed by atoms with E-state index in [0.29, 0.717) is 13.0 Å². The van der Waals surface area contributed by atoms with Crippen molar-refractivity contribution in [2.24, 2.45) is 5.92 Å². The number of likely N-dealkylation sites (tertiary alicyclic amines) is 1. The lowest BCUT2D eigenvalue weighted by Crippen LogP contribution is -2.43. The van der Waals surface area contributed by atoms with Crippen LogP contribution in [0.15, 0.2) is 18.2 Å². The van der Waals surface area contributed by atoms with Gasteiger partial charge in [-0.1, -0.05) is 18.5 Å². The third-order valence-electron chi connectivity index (χ3n) is 3.87. The molecule has 23 heavy (non-hydrogen) atoms. The Kier molecular flexibility index (Phi) is 5.22. The Hall–Kier alpha value is -2.13. The first kappa shape index (κ1) is 17.2. The quantitative estimate of drug-likeness (QED) is 0.850. The molecule has 5 nitrogen and oxygen atoms in total. The number of likely N-dealkylation sites (N-methyl/N-ethyl adjacent to an activating group) is 1. The molecule has 2 atom stereocenters. The van der Waals surface area contributed by atoms with Crippen molar-refractivity contribution in [3.8, 4) is 6.07 Å².